The standard InChI is InChI=1S/C13H18N2O3/c1-18-10-3-2-6-15(8-10)9-4-5-12(14)11(7-9)13(16)17/h4-5,7,10H,2-3,6,8,14H2,1H3,(H,16,17). The Hall–Kier alpha value is -1.75. The van der Waals surface area contributed by atoms with Crippen LogP contribution in [0.2, 0.25) is 0 Å². The third kappa shape index (κ3) is 2.56. The number of hydrogen-bond acceptors (Lipinski definition) is 4. The molecule has 0 aliphatic carbocycles. The van der Waals surface area contributed by atoms with Crippen LogP contribution >= 0.6 is 0 Å². The van der Waals surface area contributed by atoms with Gasteiger partial charge < -0.3 is 20.5 Å². The van der Waals surface area contributed by atoms with Crippen molar-refractivity contribution in [1.29, 1.82) is 0 Å². The molecular weight excluding hydrogens is 232 g/mol. The van der Waals surface area contributed by atoms with E-state index >= 15 is 0 Å². The third-order valence-corrected chi connectivity index (χ3v) is 3.34. The highest BCUT2D eigenvalue weighted by Crippen LogP contribution is 2.25. The highest BCUT2D eigenvalue weighted by Gasteiger charge is 2.20. The molecule has 1 saturated heterocycles. The van der Waals surface area contributed by atoms with Gasteiger partial charge in [-0.2, -0.15) is 0 Å². The third-order valence-electron chi connectivity index (χ3n) is 3.34. The van der Waals surface area contributed by atoms with E-state index in [1.54, 1.807) is 19.2 Å². The molecule has 2 rings (SSSR count). The van der Waals surface area contributed by atoms with Crippen LogP contribution in [0.15, 0.2) is 18.2 Å². The topological polar surface area (TPSA) is 75.8 Å². The van der Waals surface area contributed by atoms with Gasteiger partial charge in [0.2, 0.25) is 0 Å². The van der Waals surface area contributed by atoms with Crippen molar-refractivity contribution in [1.82, 2.24) is 0 Å². The molecule has 1 aliphatic rings. The molecule has 98 valence electrons. The van der Waals surface area contributed by atoms with Gasteiger partial charge in [0, 0.05) is 31.6 Å². The summed E-state index contributed by atoms with van der Waals surface area (Å²) in [6.07, 6.45) is 2.31. The second-order valence-electron chi connectivity index (χ2n) is 4.52. The molecule has 5 nitrogen and oxygen atoms in total. The van der Waals surface area contributed by atoms with E-state index in [9.17, 15) is 4.79 Å². The van der Waals surface area contributed by atoms with E-state index in [2.05, 4.69) is 4.90 Å². The van der Waals surface area contributed by atoms with E-state index in [4.69, 9.17) is 15.6 Å². The fraction of sp³-hybridized carbons (Fsp3) is 0.462. The molecule has 0 saturated carbocycles. The second kappa shape index (κ2) is 5.27. The number of ether oxygens (including phenoxy) is 1. The zero-order valence-corrected chi connectivity index (χ0v) is 10.4. The Balaban J connectivity index is 2.22. The minimum absolute atomic E-state index is 0.159. The summed E-state index contributed by atoms with van der Waals surface area (Å²) < 4.78 is 5.36. The predicted octanol–water partition coefficient (Wildman–Crippen LogP) is 1.58. The van der Waals surface area contributed by atoms with Crippen LogP contribution < -0.4 is 10.6 Å². The molecule has 0 bridgehead atoms. The van der Waals surface area contributed by atoms with Crippen molar-refractivity contribution in [3.63, 3.8) is 0 Å². The van der Waals surface area contributed by atoms with Crippen molar-refractivity contribution in [3.05, 3.63) is 23.8 Å². The van der Waals surface area contributed by atoms with Gasteiger partial charge in [-0.1, -0.05) is 0 Å². The van der Waals surface area contributed by atoms with E-state index in [0.717, 1.165) is 31.6 Å². The number of methoxy groups -OCH3 is 1. The smallest absolute Gasteiger partial charge is 0.337 e. The fourth-order valence-corrected chi connectivity index (χ4v) is 2.29. The van der Waals surface area contributed by atoms with Gasteiger partial charge in [0.15, 0.2) is 0 Å². The summed E-state index contributed by atoms with van der Waals surface area (Å²) in [6.45, 7) is 1.71. The molecule has 0 aromatic heterocycles. The van der Waals surface area contributed by atoms with Crippen LogP contribution in [0.4, 0.5) is 11.4 Å². The minimum atomic E-state index is -0.991. The number of carboxylic acids is 1. The van der Waals surface area contributed by atoms with E-state index < -0.39 is 5.97 Å². The fourth-order valence-electron chi connectivity index (χ4n) is 2.29. The number of aromatic carboxylic acids is 1. The zero-order valence-electron chi connectivity index (χ0n) is 10.4. The lowest BCUT2D eigenvalue weighted by atomic mass is 10.1. The Morgan fingerprint density at radius 1 is 1.56 bits per heavy atom. The Kier molecular flexibility index (Phi) is 3.72. The normalized spacial score (nSPS) is 19.8. The van der Waals surface area contributed by atoms with E-state index in [0.29, 0.717) is 5.69 Å². The molecule has 1 aromatic rings. The van der Waals surface area contributed by atoms with E-state index in [-0.39, 0.29) is 11.7 Å². The number of benzene rings is 1. The maximum Gasteiger partial charge on any atom is 0.337 e. The molecule has 1 aromatic carbocycles. The van der Waals surface area contributed by atoms with Crippen LogP contribution in [0.1, 0.15) is 23.2 Å². The van der Waals surface area contributed by atoms with E-state index in [1.165, 1.54) is 0 Å². The van der Waals surface area contributed by atoms with Crippen LogP contribution in [0.5, 0.6) is 0 Å². The van der Waals surface area contributed by atoms with Crippen molar-refractivity contribution >= 4 is 17.3 Å². The highest BCUT2D eigenvalue weighted by atomic mass is 16.5. The first-order valence-corrected chi connectivity index (χ1v) is 6.02. The van der Waals surface area contributed by atoms with Crippen molar-refractivity contribution in [2.45, 2.75) is 18.9 Å². The average Bonchev–Trinajstić information content (AvgIpc) is 2.39. The summed E-state index contributed by atoms with van der Waals surface area (Å²) in [5, 5.41) is 9.06. The molecule has 1 atom stereocenters. The largest absolute Gasteiger partial charge is 0.478 e. The first kappa shape index (κ1) is 12.7. The van der Waals surface area contributed by atoms with Gasteiger partial charge >= 0.3 is 5.97 Å². The molecule has 1 fully saturated rings. The van der Waals surface area contributed by atoms with Crippen molar-refractivity contribution in [2.24, 2.45) is 0 Å². The van der Waals surface area contributed by atoms with Gasteiger partial charge in [0.1, 0.15) is 0 Å². The lowest BCUT2D eigenvalue weighted by Crippen LogP contribution is -2.39. The summed E-state index contributed by atoms with van der Waals surface area (Å²) in [6, 6.07) is 5.14. The number of carboxylic acid groups (broad SMARTS) is 1. The number of nitrogen functional groups attached to an aromatic ring is 1. The Labute approximate surface area is 106 Å². The summed E-state index contributed by atoms with van der Waals surface area (Å²) in [5.41, 5.74) is 7.00. The first-order chi connectivity index (χ1) is 8.61. The monoisotopic (exact) mass is 250 g/mol. The maximum absolute atomic E-state index is 11.1. The van der Waals surface area contributed by atoms with Gasteiger partial charge in [0.25, 0.3) is 0 Å². The molecule has 0 radical (unpaired) electrons. The molecule has 1 heterocycles. The van der Waals surface area contributed by atoms with Gasteiger partial charge in [-0.05, 0) is 31.0 Å². The summed E-state index contributed by atoms with van der Waals surface area (Å²) in [5.74, 6) is -0.991. The van der Waals surface area contributed by atoms with Crippen molar-refractivity contribution < 1.29 is 14.6 Å². The predicted molar refractivity (Wildman–Crippen MR) is 70.1 cm³/mol. The number of carbonyl (C=O) groups is 1. The van der Waals surface area contributed by atoms with E-state index in [1.807, 2.05) is 6.07 Å². The summed E-state index contributed by atoms with van der Waals surface area (Å²) in [7, 11) is 1.71. The van der Waals surface area contributed by atoms with Crippen LogP contribution in [0, 0.1) is 0 Å². The molecule has 0 amide bonds. The van der Waals surface area contributed by atoms with Crippen molar-refractivity contribution in [3.8, 4) is 0 Å². The number of nitrogens with zero attached hydrogens (tertiary/aromatic N) is 1. The molecule has 1 unspecified atom stereocenters. The Morgan fingerprint density at radius 3 is 3.00 bits per heavy atom. The molecule has 1 aliphatic heterocycles. The van der Waals surface area contributed by atoms with Gasteiger partial charge in [-0.3, -0.25) is 0 Å². The van der Waals surface area contributed by atoms with Crippen LogP contribution in [-0.2, 0) is 4.74 Å². The summed E-state index contributed by atoms with van der Waals surface area (Å²) in [4.78, 5) is 13.2. The van der Waals surface area contributed by atoms with Crippen molar-refractivity contribution in [2.75, 3.05) is 30.8 Å². The molecule has 0 spiro atoms. The highest BCUT2D eigenvalue weighted by molar-refractivity contribution is 5.94. The minimum Gasteiger partial charge on any atom is -0.478 e. The lowest BCUT2D eigenvalue weighted by Gasteiger charge is -2.33. The second-order valence-corrected chi connectivity index (χ2v) is 4.52. The van der Waals surface area contributed by atoms with Gasteiger partial charge in [-0.25, -0.2) is 4.79 Å². The number of anilines is 2. The lowest BCUT2D eigenvalue weighted by molar-refractivity contribution is 0.0698. The maximum atomic E-state index is 11.1. The Morgan fingerprint density at radius 2 is 2.33 bits per heavy atom. The number of hydrogen-bond donors (Lipinski definition) is 2. The molecule has 5 heteroatoms. The number of piperidine rings is 1. The van der Waals surface area contributed by atoms with Crippen LogP contribution in [0.25, 0.3) is 0 Å². The first-order valence-electron chi connectivity index (χ1n) is 6.02. The van der Waals surface area contributed by atoms with Crippen LogP contribution in [-0.4, -0.2) is 37.4 Å². The average molecular weight is 250 g/mol. The van der Waals surface area contributed by atoms with Gasteiger partial charge in [-0.15, -0.1) is 0 Å². The molecule has 3 N–H and O–H groups in total. The Bertz CT molecular complexity index is 448. The molecular formula is C13H18N2O3. The summed E-state index contributed by atoms with van der Waals surface area (Å²) >= 11 is 0. The quantitative estimate of drug-likeness (QED) is 0.797. The molecule has 18 heavy (non-hydrogen) atoms. The van der Waals surface area contributed by atoms with Crippen LogP contribution in [0.3, 0.4) is 0 Å². The SMILES string of the molecule is COC1CCCN(c2ccc(N)c(C(=O)O)c2)C1. The number of rotatable bonds is 3. The number of nitrogens with two attached hydrogens (primary N) is 1. The zero-order chi connectivity index (χ0) is 13.1. The van der Waals surface area contributed by atoms with Gasteiger partial charge in [0.05, 0.1) is 11.7 Å².